The number of ether oxygens (including phenoxy) is 1. The van der Waals surface area contributed by atoms with Gasteiger partial charge in [0.25, 0.3) is 0 Å². The number of thiophene rings is 1. The highest BCUT2D eigenvalue weighted by atomic mass is 35.5. The zero-order valence-electron chi connectivity index (χ0n) is 25.9. The van der Waals surface area contributed by atoms with Gasteiger partial charge in [-0.05, 0) is 71.7 Å². The molecule has 4 aromatic rings. The molecule has 6 unspecified atom stereocenters. The monoisotopic (exact) mass is 678 g/mol. The van der Waals surface area contributed by atoms with E-state index >= 15 is 4.79 Å². The average molecular weight is 679 g/mol. The molecule has 3 heterocycles. The molecule has 6 atom stereocenters. The minimum Gasteiger partial charge on any atom is -0.504 e. The van der Waals surface area contributed by atoms with E-state index in [9.17, 15) is 19.5 Å². The molecule has 1 N–H and O–H groups in total. The Hall–Kier alpha value is -4.73. The molecule has 242 valence electrons. The third kappa shape index (κ3) is 4.33. The smallest absolute Gasteiger partial charge is 0.246 e. The van der Waals surface area contributed by atoms with Crippen LogP contribution in [0.15, 0.2) is 102 Å². The molecule has 3 aromatic carbocycles. The summed E-state index contributed by atoms with van der Waals surface area (Å²) in [4.78, 5) is 61.7. The number of hydrogen-bond donors (Lipinski definition) is 1. The lowest BCUT2D eigenvalue weighted by atomic mass is 9.49. The van der Waals surface area contributed by atoms with Crippen molar-refractivity contribution in [1.29, 1.82) is 0 Å². The van der Waals surface area contributed by atoms with E-state index in [4.69, 9.17) is 16.3 Å². The molecular formula is C38H31ClN2O6S. The van der Waals surface area contributed by atoms with Crippen molar-refractivity contribution in [1.82, 2.24) is 4.90 Å². The lowest BCUT2D eigenvalue weighted by Crippen LogP contribution is -2.53. The Morgan fingerprint density at radius 3 is 2.46 bits per heavy atom. The number of nitrogens with zero attached hydrogens (tertiary/aromatic N) is 2. The Morgan fingerprint density at radius 2 is 1.73 bits per heavy atom. The number of hydrogen-bond acceptors (Lipinski definition) is 7. The number of aromatic hydroxyl groups is 1. The quantitative estimate of drug-likeness (QED) is 0.185. The van der Waals surface area contributed by atoms with Crippen molar-refractivity contribution in [3.63, 3.8) is 0 Å². The van der Waals surface area contributed by atoms with Crippen LogP contribution in [0.5, 0.6) is 11.5 Å². The number of fused-ring (bicyclic) bond motifs is 4. The van der Waals surface area contributed by atoms with Crippen LogP contribution in [-0.2, 0) is 31.1 Å². The van der Waals surface area contributed by atoms with Crippen molar-refractivity contribution in [3.8, 4) is 11.5 Å². The average Bonchev–Trinajstić information content (AvgIpc) is 3.76. The summed E-state index contributed by atoms with van der Waals surface area (Å²) in [5.74, 6) is -4.34. The number of methoxy groups -OCH3 is 1. The molecule has 0 bridgehead atoms. The maximum absolute atomic E-state index is 15.3. The first-order valence-corrected chi connectivity index (χ1v) is 17.1. The fraction of sp³-hybridized carbons (Fsp3) is 0.263. The van der Waals surface area contributed by atoms with Crippen LogP contribution in [0, 0.1) is 23.7 Å². The van der Waals surface area contributed by atoms with Gasteiger partial charge in [0.2, 0.25) is 23.6 Å². The van der Waals surface area contributed by atoms with Gasteiger partial charge >= 0.3 is 0 Å². The maximum Gasteiger partial charge on any atom is 0.246 e. The van der Waals surface area contributed by atoms with Gasteiger partial charge in [-0.25, -0.2) is 4.90 Å². The van der Waals surface area contributed by atoms with E-state index in [1.807, 2.05) is 53.9 Å². The van der Waals surface area contributed by atoms with Gasteiger partial charge < -0.3 is 9.84 Å². The number of imide groups is 2. The molecule has 0 spiro atoms. The Bertz CT molecular complexity index is 2010. The van der Waals surface area contributed by atoms with Crippen LogP contribution in [0.25, 0.3) is 0 Å². The maximum atomic E-state index is 15.3. The second kappa shape index (κ2) is 11.5. The summed E-state index contributed by atoms with van der Waals surface area (Å²) >= 11 is 7.87. The zero-order chi connectivity index (χ0) is 33.3. The summed E-state index contributed by atoms with van der Waals surface area (Å²) in [7, 11) is 1.46. The van der Waals surface area contributed by atoms with Crippen LogP contribution >= 0.6 is 22.9 Å². The number of amides is 4. The molecule has 2 aliphatic carbocycles. The second-order valence-electron chi connectivity index (χ2n) is 12.9. The van der Waals surface area contributed by atoms with Crippen molar-refractivity contribution < 1.29 is 29.0 Å². The molecule has 10 heteroatoms. The van der Waals surface area contributed by atoms with Crippen molar-refractivity contribution >= 4 is 52.3 Å². The molecular weight excluding hydrogens is 648 g/mol. The van der Waals surface area contributed by atoms with E-state index in [0.717, 1.165) is 10.5 Å². The van der Waals surface area contributed by atoms with Crippen LogP contribution in [0.2, 0.25) is 5.02 Å². The number of anilines is 1. The number of allylic oxidation sites excluding steroid dienone is 2. The van der Waals surface area contributed by atoms with E-state index < -0.39 is 40.9 Å². The topological polar surface area (TPSA) is 104 Å². The predicted octanol–water partition coefficient (Wildman–Crippen LogP) is 6.48. The third-order valence-corrected chi connectivity index (χ3v) is 11.8. The molecule has 48 heavy (non-hydrogen) atoms. The number of benzene rings is 3. The number of rotatable bonds is 6. The van der Waals surface area contributed by atoms with Gasteiger partial charge in [0.1, 0.15) is 0 Å². The number of phenolic OH excluding ortho intramolecular Hbond substituents is 1. The number of carbonyl (C=O) groups is 4. The summed E-state index contributed by atoms with van der Waals surface area (Å²) in [5, 5.41) is 12.9. The first kappa shape index (κ1) is 30.6. The number of phenols is 1. The summed E-state index contributed by atoms with van der Waals surface area (Å²) in [6.45, 7) is 0.209. The third-order valence-electron chi connectivity index (χ3n) is 10.7. The van der Waals surface area contributed by atoms with Crippen molar-refractivity contribution in [2.24, 2.45) is 23.7 Å². The van der Waals surface area contributed by atoms with Gasteiger partial charge in [0.15, 0.2) is 11.5 Å². The Kier molecular flexibility index (Phi) is 7.30. The van der Waals surface area contributed by atoms with Gasteiger partial charge in [-0.3, -0.25) is 24.1 Å². The minimum atomic E-state index is -1.40. The lowest BCUT2D eigenvalue weighted by molar-refractivity contribution is -0.141. The van der Waals surface area contributed by atoms with Crippen molar-refractivity contribution in [2.45, 2.75) is 30.7 Å². The van der Waals surface area contributed by atoms with E-state index in [1.165, 1.54) is 34.3 Å². The molecule has 1 saturated carbocycles. The van der Waals surface area contributed by atoms with Crippen LogP contribution in [0.4, 0.5) is 5.69 Å². The zero-order valence-corrected chi connectivity index (χ0v) is 27.5. The van der Waals surface area contributed by atoms with Gasteiger partial charge in [0, 0.05) is 15.8 Å². The van der Waals surface area contributed by atoms with E-state index in [-0.39, 0.29) is 42.2 Å². The van der Waals surface area contributed by atoms with Gasteiger partial charge in [0.05, 0.1) is 42.5 Å². The van der Waals surface area contributed by atoms with Gasteiger partial charge in [-0.2, -0.15) is 0 Å². The highest BCUT2D eigenvalue weighted by molar-refractivity contribution is 7.09. The Labute approximate surface area is 286 Å². The van der Waals surface area contributed by atoms with Crippen LogP contribution in [-0.4, -0.2) is 40.7 Å². The lowest BCUT2D eigenvalue weighted by Gasteiger charge is -2.50. The standard InChI is InChI=1S/C38H31ClN2O6S/c1-47-31-17-21(12-15-30(31)42)33-26-13-14-27-32(36(45)40(34(27)43)20-25-11-6-16-48-25)28(26)19-29-35(44)41(24-10-5-9-23(39)18-24)37(46)38(29,33)22-7-3-2-4-8-22/h2-13,15-18,27-29,32-33,42H,14,19-20H2,1H3. The number of carbonyl (C=O) groups excluding carboxylic acids is 4. The van der Waals surface area contributed by atoms with E-state index in [0.29, 0.717) is 28.3 Å². The van der Waals surface area contributed by atoms with Crippen LogP contribution < -0.4 is 9.64 Å². The molecule has 0 radical (unpaired) electrons. The highest BCUT2D eigenvalue weighted by Crippen LogP contribution is 2.64. The molecule has 4 aliphatic rings. The molecule has 8 nitrogen and oxygen atoms in total. The predicted molar refractivity (Wildman–Crippen MR) is 181 cm³/mol. The summed E-state index contributed by atoms with van der Waals surface area (Å²) < 4.78 is 5.53. The summed E-state index contributed by atoms with van der Waals surface area (Å²) in [6, 6.07) is 24.8. The molecule has 8 rings (SSSR count). The second-order valence-corrected chi connectivity index (χ2v) is 14.3. The highest BCUT2D eigenvalue weighted by Gasteiger charge is 2.70. The summed E-state index contributed by atoms with van der Waals surface area (Å²) in [5.41, 5.74) is 1.14. The van der Waals surface area contributed by atoms with Crippen LogP contribution in [0.3, 0.4) is 0 Å². The Morgan fingerprint density at radius 1 is 0.917 bits per heavy atom. The van der Waals surface area contributed by atoms with Crippen molar-refractivity contribution in [3.05, 3.63) is 123 Å². The van der Waals surface area contributed by atoms with E-state index in [1.54, 1.807) is 36.4 Å². The van der Waals surface area contributed by atoms with Crippen LogP contribution in [0.1, 0.15) is 34.8 Å². The first-order valence-electron chi connectivity index (χ1n) is 15.9. The number of halogens is 1. The molecule has 3 fully saturated rings. The normalized spacial score (nSPS) is 27.9. The minimum absolute atomic E-state index is 0.0632. The fourth-order valence-corrected chi connectivity index (χ4v) is 9.65. The molecule has 1 aromatic heterocycles. The first-order chi connectivity index (χ1) is 23.2. The Balaban J connectivity index is 1.35. The molecule has 2 saturated heterocycles. The van der Waals surface area contributed by atoms with Gasteiger partial charge in [-0.15, -0.1) is 11.3 Å². The fourth-order valence-electron chi connectivity index (χ4n) is 8.77. The largest absolute Gasteiger partial charge is 0.504 e. The molecule has 2 aliphatic heterocycles. The SMILES string of the molecule is COc1cc(C2C3=CCC4C(=O)N(Cc5cccs5)C(=O)C4C3CC3C(=O)N(c4cccc(Cl)c4)C(=O)C32c2ccccc2)ccc1O. The molecule has 4 amide bonds. The van der Waals surface area contributed by atoms with E-state index in [2.05, 4.69) is 0 Å². The summed E-state index contributed by atoms with van der Waals surface area (Å²) in [6.07, 6.45) is 2.57. The van der Waals surface area contributed by atoms with Crippen molar-refractivity contribution in [2.75, 3.05) is 12.0 Å². The number of likely N-dealkylation sites (tertiary alicyclic amines) is 1. The van der Waals surface area contributed by atoms with Gasteiger partial charge in [-0.1, -0.05) is 71.8 Å².